The number of nitrogens with one attached hydrogen (secondary N) is 1. The molecule has 2 aromatic rings. The van der Waals surface area contributed by atoms with Crippen LogP contribution in [0.2, 0.25) is 0 Å². The fourth-order valence-corrected chi connectivity index (χ4v) is 2.21. The van der Waals surface area contributed by atoms with Crippen LogP contribution in [0.25, 0.3) is 0 Å². The first-order valence-corrected chi connectivity index (χ1v) is 6.73. The fraction of sp³-hybridized carbons (Fsp3) is 0.200. The Bertz CT molecular complexity index is 586. The smallest absolute Gasteiger partial charge is 0.170 e. The maximum absolute atomic E-state index is 14.0. The van der Waals surface area contributed by atoms with Crippen LogP contribution in [0.15, 0.2) is 40.9 Å². The summed E-state index contributed by atoms with van der Waals surface area (Å²) < 4.78 is 20.0. The van der Waals surface area contributed by atoms with Gasteiger partial charge in [-0.25, -0.2) is 4.39 Å². The standard InChI is InChI=1S/C15H15BrFNO/c1-10-12(16)6-4-7-13(10)18-9-11-5-3-8-14(19-2)15(11)17/h3-8,18H,9H2,1-2H3. The zero-order valence-electron chi connectivity index (χ0n) is 10.8. The maximum Gasteiger partial charge on any atom is 0.170 e. The van der Waals surface area contributed by atoms with Gasteiger partial charge in [0.05, 0.1) is 7.11 Å². The number of benzene rings is 2. The Labute approximate surface area is 120 Å². The molecule has 19 heavy (non-hydrogen) atoms. The molecular weight excluding hydrogens is 309 g/mol. The molecule has 2 aromatic carbocycles. The van der Waals surface area contributed by atoms with Gasteiger partial charge in [-0.3, -0.25) is 0 Å². The molecule has 0 amide bonds. The summed E-state index contributed by atoms with van der Waals surface area (Å²) in [5.74, 6) is -0.0459. The summed E-state index contributed by atoms with van der Waals surface area (Å²) in [7, 11) is 1.47. The predicted molar refractivity (Wildman–Crippen MR) is 79.2 cm³/mol. The number of ether oxygens (including phenoxy) is 1. The summed E-state index contributed by atoms with van der Waals surface area (Å²) in [5.41, 5.74) is 2.67. The summed E-state index contributed by atoms with van der Waals surface area (Å²) in [6.45, 7) is 2.43. The average molecular weight is 324 g/mol. The molecule has 0 atom stereocenters. The summed E-state index contributed by atoms with van der Waals surface area (Å²) in [4.78, 5) is 0. The molecule has 0 radical (unpaired) electrons. The normalized spacial score (nSPS) is 10.3. The van der Waals surface area contributed by atoms with Crippen molar-refractivity contribution in [1.82, 2.24) is 0 Å². The summed E-state index contributed by atoms with van der Waals surface area (Å²) in [6, 6.07) is 11.0. The molecule has 0 aliphatic heterocycles. The van der Waals surface area contributed by atoms with E-state index in [1.165, 1.54) is 7.11 Å². The zero-order valence-corrected chi connectivity index (χ0v) is 12.4. The van der Waals surface area contributed by atoms with E-state index in [1.54, 1.807) is 18.2 Å². The van der Waals surface area contributed by atoms with Crippen LogP contribution >= 0.6 is 15.9 Å². The van der Waals surface area contributed by atoms with E-state index in [1.807, 2.05) is 25.1 Å². The number of halogens is 2. The van der Waals surface area contributed by atoms with Crippen molar-refractivity contribution in [2.75, 3.05) is 12.4 Å². The highest BCUT2D eigenvalue weighted by Crippen LogP contribution is 2.25. The maximum atomic E-state index is 14.0. The molecule has 0 saturated heterocycles. The van der Waals surface area contributed by atoms with Gasteiger partial charge in [-0.05, 0) is 30.7 Å². The molecule has 2 nitrogen and oxygen atoms in total. The summed E-state index contributed by atoms with van der Waals surface area (Å²) in [5, 5.41) is 3.24. The van der Waals surface area contributed by atoms with Gasteiger partial charge >= 0.3 is 0 Å². The van der Waals surface area contributed by atoms with Crippen molar-refractivity contribution >= 4 is 21.6 Å². The van der Waals surface area contributed by atoms with Crippen LogP contribution in [0, 0.1) is 12.7 Å². The van der Waals surface area contributed by atoms with E-state index in [4.69, 9.17) is 4.74 Å². The van der Waals surface area contributed by atoms with Crippen molar-refractivity contribution in [3.8, 4) is 5.75 Å². The SMILES string of the molecule is COc1cccc(CNc2cccc(Br)c2C)c1F. The third kappa shape index (κ3) is 3.07. The van der Waals surface area contributed by atoms with Gasteiger partial charge in [-0.15, -0.1) is 0 Å². The van der Waals surface area contributed by atoms with Crippen molar-refractivity contribution in [1.29, 1.82) is 0 Å². The number of rotatable bonds is 4. The van der Waals surface area contributed by atoms with E-state index in [9.17, 15) is 4.39 Å². The number of hydrogen-bond donors (Lipinski definition) is 1. The minimum absolute atomic E-state index is 0.269. The molecule has 0 aliphatic carbocycles. The second kappa shape index (κ2) is 6.06. The molecule has 0 spiro atoms. The van der Waals surface area contributed by atoms with Crippen molar-refractivity contribution in [3.63, 3.8) is 0 Å². The van der Waals surface area contributed by atoms with E-state index in [2.05, 4.69) is 21.2 Å². The molecule has 1 N–H and O–H groups in total. The highest BCUT2D eigenvalue weighted by atomic mass is 79.9. The first-order valence-electron chi connectivity index (χ1n) is 5.94. The van der Waals surface area contributed by atoms with E-state index in [-0.39, 0.29) is 11.6 Å². The third-order valence-electron chi connectivity index (χ3n) is 3.00. The lowest BCUT2D eigenvalue weighted by molar-refractivity contribution is 0.384. The number of methoxy groups -OCH3 is 1. The van der Waals surface area contributed by atoms with Gasteiger partial charge in [0, 0.05) is 22.3 Å². The third-order valence-corrected chi connectivity index (χ3v) is 3.86. The number of hydrogen-bond acceptors (Lipinski definition) is 2. The highest BCUT2D eigenvalue weighted by Gasteiger charge is 2.08. The molecule has 0 heterocycles. The van der Waals surface area contributed by atoms with Gasteiger partial charge in [0.15, 0.2) is 11.6 Å². The Balaban J connectivity index is 2.17. The van der Waals surface area contributed by atoms with Gasteiger partial charge in [-0.1, -0.05) is 34.1 Å². The fourth-order valence-electron chi connectivity index (χ4n) is 1.84. The van der Waals surface area contributed by atoms with Crippen LogP contribution in [0.4, 0.5) is 10.1 Å². The molecule has 100 valence electrons. The molecule has 0 aromatic heterocycles. The van der Waals surface area contributed by atoms with Crippen LogP contribution in [0.3, 0.4) is 0 Å². The topological polar surface area (TPSA) is 21.3 Å². The molecule has 0 saturated carbocycles. The Morgan fingerprint density at radius 1 is 1.21 bits per heavy atom. The Hall–Kier alpha value is -1.55. The first-order chi connectivity index (χ1) is 9.13. The number of anilines is 1. The quantitative estimate of drug-likeness (QED) is 0.893. The summed E-state index contributed by atoms with van der Waals surface area (Å²) >= 11 is 3.48. The Kier molecular flexibility index (Phi) is 4.43. The Morgan fingerprint density at radius 3 is 2.68 bits per heavy atom. The van der Waals surface area contributed by atoms with Gasteiger partial charge in [-0.2, -0.15) is 0 Å². The average Bonchev–Trinajstić information content (AvgIpc) is 2.42. The van der Waals surface area contributed by atoms with Crippen LogP contribution in [-0.2, 0) is 6.54 Å². The van der Waals surface area contributed by atoms with E-state index < -0.39 is 0 Å². The lowest BCUT2D eigenvalue weighted by Gasteiger charge is -2.12. The Morgan fingerprint density at radius 2 is 1.95 bits per heavy atom. The lowest BCUT2D eigenvalue weighted by Crippen LogP contribution is -2.04. The molecule has 0 fully saturated rings. The monoisotopic (exact) mass is 323 g/mol. The van der Waals surface area contributed by atoms with Crippen LogP contribution in [0.1, 0.15) is 11.1 Å². The van der Waals surface area contributed by atoms with Gasteiger partial charge in [0.2, 0.25) is 0 Å². The summed E-state index contributed by atoms with van der Waals surface area (Å²) in [6.07, 6.45) is 0. The van der Waals surface area contributed by atoms with E-state index in [0.29, 0.717) is 12.1 Å². The minimum atomic E-state index is -0.315. The highest BCUT2D eigenvalue weighted by molar-refractivity contribution is 9.10. The molecule has 4 heteroatoms. The van der Waals surface area contributed by atoms with Crippen molar-refractivity contribution in [2.45, 2.75) is 13.5 Å². The van der Waals surface area contributed by atoms with Gasteiger partial charge < -0.3 is 10.1 Å². The molecule has 0 aliphatic rings. The van der Waals surface area contributed by atoms with Crippen molar-refractivity contribution in [3.05, 3.63) is 57.8 Å². The predicted octanol–water partition coefficient (Wildman–Crippen LogP) is 4.52. The minimum Gasteiger partial charge on any atom is -0.494 e. The van der Waals surface area contributed by atoms with Gasteiger partial charge in [0.25, 0.3) is 0 Å². The largest absolute Gasteiger partial charge is 0.494 e. The van der Waals surface area contributed by atoms with Crippen molar-refractivity contribution < 1.29 is 9.13 Å². The van der Waals surface area contributed by atoms with Crippen molar-refractivity contribution in [2.24, 2.45) is 0 Å². The molecule has 0 unspecified atom stereocenters. The van der Waals surface area contributed by atoms with Crippen LogP contribution < -0.4 is 10.1 Å². The second-order valence-electron chi connectivity index (χ2n) is 4.20. The molecule has 0 bridgehead atoms. The van der Waals surface area contributed by atoms with Crippen LogP contribution in [-0.4, -0.2) is 7.11 Å². The molecular formula is C15H15BrFNO. The first kappa shape index (κ1) is 13.9. The zero-order chi connectivity index (χ0) is 13.8. The second-order valence-corrected chi connectivity index (χ2v) is 5.05. The van der Waals surface area contributed by atoms with Crippen LogP contribution in [0.5, 0.6) is 5.75 Å². The van der Waals surface area contributed by atoms with E-state index in [0.717, 1.165) is 15.7 Å². The molecule has 2 rings (SSSR count). The van der Waals surface area contributed by atoms with E-state index >= 15 is 0 Å². The van der Waals surface area contributed by atoms with Gasteiger partial charge in [0.1, 0.15) is 0 Å². The lowest BCUT2D eigenvalue weighted by atomic mass is 10.1.